The van der Waals surface area contributed by atoms with Crippen LogP contribution >= 0.6 is 0 Å². The molecule has 0 fully saturated rings. The van der Waals surface area contributed by atoms with Crippen LogP contribution in [0.25, 0.3) is 10.9 Å². The van der Waals surface area contributed by atoms with E-state index in [1.165, 1.54) is 0 Å². The number of hydrogen-bond donors (Lipinski definition) is 0. The van der Waals surface area contributed by atoms with Gasteiger partial charge in [-0.1, -0.05) is 30.3 Å². The average molecular weight is 291 g/mol. The van der Waals surface area contributed by atoms with Crippen molar-refractivity contribution in [2.75, 3.05) is 11.4 Å². The van der Waals surface area contributed by atoms with E-state index in [9.17, 15) is 4.79 Å². The van der Waals surface area contributed by atoms with Crippen molar-refractivity contribution < 1.29 is 4.79 Å². The van der Waals surface area contributed by atoms with Gasteiger partial charge in [-0.15, -0.1) is 10.2 Å². The van der Waals surface area contributed by atoms with Gasteiger partial charge in [-0.05, 0) is 43.7 Å². The molecule has 22 heavy (non-hydrogen) atoms. The van der Waals surface area contributed by atoms with Gasteiger partial charge in [0.15, 0.2) is 5.69 Å². The quantitative estimate of drug-likeness (QED) is 0.740. The summed E-state index contributed by atoms with van der Waals surface area (Å²) in [5, 5.41) is 9.13. The van der Waals surface area contributed by atoms with Gasteiger partial charge in [-0.2, -0.15) is 0 Å². The van der Waals surface area contributed by atoms with Gasteiger partial charge in [0.2, 0.25) is 0 Å². The zero-order valence-corrected chi connectivity index (χ0v) is 12.7. The molecular formula is C18H17N3O. The normalized spacial score (nSPS) is 10.6. The maximum atomic E-state index is 12.8. The van der Waals surface area contributed by atoms with Crippen molar-refractivity contribution in [1.82, 2.24) is 10.2 Å². The molecule has 0 radical (unpaired) electrons. The SMILES string of the molecule is CCN(C(=O)c1cc2ccccc2nn1)c1cccc(C)c1. The summed E-state index contributed by atoms with van der Waals surface area (Å²) in [6.07, 6.45) is 0. The van der Waals surface area contributed by atoms with Crippen molar-refractivity contribution in [3.05, 3.63) is 65.9 Å². The summed E-state index contributed by atoms with van der Waals surface area (Å²) < 4.78 is 0. The Kier molecular flexibility index (Phi) is 3.83. The molecule has 0 aliphatic carbocycles. The van der Waals surface area contributed by atoms with Crippen LogP contribution in [-0.2, 0) is 0 Å². The van der Waals surface area contributed by atoms with Crippen LogP contribution in [0.1, 0.15) is 23.0 Å². The van der Waals surface area contributed by atoms with Gasteiger partial charge in [-0.3, -0.25) is 4.79 Å². The average Bonchev–Trinajstić information content (AvgIpc) is 2.55. The number of aromatic nitrogens is 2. The van der Waals surface area contributed by atoms with Gasteiger partial charge in [0.05, 0.1) is 5.52 Å². The number of nitrogens with zero attached hydrogens (tertiary/aromatic N) is 3. The fourth-order valence-electron chi connectivity index (χ4n) is 2.47. The molecule has 110 valence electrons. The predicted octanol–water partition coefficient (Wildman–Crippen LogP) is 3.60. The molecule has 4 heteroatoms. The Morgan fingerprint density at radius 1 is 1.05 bits per heavy atom. The molecule has 1 aromatic heterocycles. The highest BCUT2D eigenvalue weighted by molar-refractivity contribution is 6.06. The van der Waals surface area contributed by atoms with E-state index in [-0.39, 0.29) is 5.91 Å². The summed E-state index contributed by atoms with van der Waals surface area (Å²) in [6, 6.07) is 17.3. The number of carbonyl (C=O) groups excluding carboxylic acids is 1. The van der Waals surface area contributed by atoms with Gasteiger partial charge in [0.1, 0.15) is 0 Å². The van der Waals surface area contributed by atoms with Gasteiger partial charge < -0.3 is 4.90 Å². The van der Waals surface area contributed by atoms with Crippen LogP contribution in [0.2, 0.25) is 0 Å². The van der Waals surface area contributed by atoms with Crippen molar-refractivity contribution in [3.63, 3.8) is 0 Å². The van der Waals surface area contributed by atoms with Crippen LogP contribution in [0.3, 0.4) is 0 Å². The molecule has 0 saturated heterocycles. The number of hydrogen-bond acceptors (Lipinski definition) is 3. The van der Waals surface area contributed by atoms with Crippen molar-refractivity contribution in [3.8, 4) is 0 Å². The summed E-state index contributed by atoms with van der Waals surface area (Å²) in [5.41, 5.74) is 3.15. The Hall–Kier alpha value is -2.75. The van der Waals surface area contributed by atoms with E-state index in [1.54, 1.807) is 11.0 Å². The molecule has 1 amide bonds. The highest BCUT2D eigenvalue weighted by Gasteiger charge is 2.18. The van der Waals surface area contributed by atoms with E-state index < -0.39 is 0 Å². The Bertz CT molecular complexity index is 829. The number of amides is 1. The predicted molar refractivity (Wildman–Crippen MR) is 88.1 cm³/mol. The standard InChI is InChI=1S/C18H17N3O/c1-3-21(15-9-6-7-13(2)11-15)18(22)17-12-14-8-4-5-10-16(14)19-20-17/h4-12H,3H2,1-2H3. The first-order valence-corrected chi connectivity index (χ1v) is 7.30. The highest BCUT2D eigenvalue weighted by Crippen LogP contribution is 2.19. The fraction of sp³-hybridized carbons (Fsp3) is 0.167. The van der Waals surface area contributed by atoms with Crippen LogP contribution in [0.15, 0.2) is 54.6 Å². The van der Waals surface area contributed by atoms with Crippen LogP contribution in [-0.4, -0.2) is 22.6 Å². The topological polar surface area (TPSA) is 46.1 Å². The molecule has 0 N–H and O–H groups in total. The summed E-state index contributed by atoms with van der Waals surface area (Å²) in [7, 11) is 0. The number of rotatable bonds is 3. The third-order valence-corrected chi connectivity index (χ3v) is 3.59. The smallest absolute Gasteiger partial charge is 0.278 e. The number of fused-ring (bicyclic) bond motifs is 1. The molecule has 0 saturated carbocycles. The third-order valence-electron chi connectivity index (χ3n) is 3.59. The highest BCUT2D eigenvalue weighted by atomic mass is 16.2. The molecule has 0 spiro atoms. The maximum absolute atomic E-state index is 12.8. The van der Waals surface area contributed by atoms with Crippen LogP contribution in [0.4, 0.5) is 5.69 Å². The molecule has 2 aromatic carbocycles. The monoisotopic (exact) mass is 291 g/mol. The second-order valence-electron chi connectivity index (χ2n) is 5.18. The third kappa shape index (κ3) is 2.68. The van der Waals surface area contributed by atoms with Crippen LogP contribution < -0.4 is 4.90 Å². The molecule has 1 heterocycles. The minimum atomic E-state index is -0.133. The number of aryl methyl sites for hydroxylation is 1. The van der Waals surface area contributed by atoms with Gasteiger partial charge >= 0.3 is 0 Å². The second kappa shape index (κ2) is 5.93. The molecule has 3 rings (SSSR count). The maximum Gasteiger partial charge on any atom is 0.278 e. The van der Waals surface area contributed by atoms with Crippen molar-refractivity contribution in [2.24, 2.45) is 0 Å². The summed E-state index contributed by atoms with van der Waals surface area (Å²) >= 11 is 0. The van der Waals surface area contributed by atoms with E-state index in [1.807, 2.05) is 62.4 Å². The minimum absolute atomic E-state index is 0.133. The summed E-state index contributed by atoms with van der Waals surface area (Å²) in [6.45, 7) is 4.54. The van der Waals surface area contributed by atoms with Crippen molar-refractivity contribution >= 4 is 22.5 Å². The molecule has 0 bridgehead atoms. The molecule has 4 nitrogen and oxygen atoms in total. The van der Waals surface area contributed by atoms with Gasteiger partial charge in [-0.25, -0.2) is 0 Å². The lowest BCUT2D eigenvalue weighted by Crippen LogP contribution is -2.31. The van der Waals surface area contributed by atoms with Gasteiger partial charge in [0.25, 0.3) is 5.91 Å². The fourth-order valence-corrected chi connectivity index (χ4v) is 2.47. The minimum Gasteiger partial charge on any atom is -0.307 e. The van der Waals surface area contributed by atoms with E-state index >= 15 is 0 Å². The van der Waals surface area contributed by atoms with E-state index in [0.717, 1.165) is 22.2 Å². The summed E-state index contributed by atoms with van der Waals surface area (Å²) in [4.78, 5) is 14.5. The lowest BCUT2D eigenvalue weighted by molar-refractivity contribution is 0.0983. The van der Waals surface area contributed by atoms with Crippen molar-refractivity contribution in [1.29, 1.82) is 0 Å². The van der Waals surface area contributed by atoms with E-state index in [4.69, 9.17) is 0 Å². The Labute approximate surface area is 129 Å². The Balaban J connectivity index is 1.99. The van der Waals surface area contributed by atoms with Crippen LogP contribution in [0, 0.1) is 6.92 Å². The Morgan fingerprint density at radius 3 is 2.64 bits per heavy atom. The molecule has 0 aliphatic heterocycles. The van der Waals surface area contributed by atoms with E-state index in [2.05, 4.69) is 10.2 Å². The number of carbonyl (C=O) groups is 1. The first-order valence-electron chi connectivity index (χ1n) is 7.30. The summed E-state index contributed by atoms with van der Waals surface area (Å²) in [5.74, 6) is -0.133. The molecule has 0 atom stereocenters. The van der Waals surface area contributed by atoms with Crippen molar-refractivity contribution in [2.45, 2.75) is 13.8 Å². The first-order chi connectivity index (χ1) is 10.7. The zero-order valence-electron chi connectivity index (χ0n) is 12.7. The number of anilines is 1. The molecule has 0 unspecified atom stereocenters. The second-order valence-corrected chi connectivity index (χ2v) is 5.18. The Morgan fingerprint density at radius 2 is 1.86 bits per heavy atom. The first kappa shape index (κ1) is 14.2. The lowest BCUT2D eigenvalue weighted by Gasteiger charge is -2.21. The molecule has 3 aromatic rings. The molecule has 0 aliphatic rings. The molecular weight excluding hydrogens is 274 g/mol. The van der Waals surface area contributed by atoms with E-state index in [0.29, 0.717) is 12.2 Å². The van der Waals surface area contributed by atoms with Crippen LogP contribution in [0.5, 0.6) is 0 Å². The number of benzene rings is 2. The van der Waals surface area contributed by atoms with Gasteiger partial charge in [0, 0.05) is 17.6 Å². The largest absolute Gasteiger partial charge is 0.307 e. The zero-order chi connectivity index (χ0) is 15.5. The lowest BCUT2D eigenvalue weighted by atomic mass is 10.1.